The van der Waals surface area contributed by atoms with Crippen molar-refractivity contribution in [1.82, 2.24) is 0 Å². The standard InChI is InChI=1S/C11H11F3O3S/c1-7(15)5-8-3-4-10(18(2,16)17)9(6-8)11(12,13)14/h3-4,6H,5H2,1-2H3. The lowest BCUT2D eigenvalue weighted by Gasteiger charge is -2.13. The molecule has 0 aliphatic rings. The van der Waals surface area contributed by atoms with Gasteiger partial charge in [0.05, 0.1) is 10.5 Å². The van der Waals surface area contributed by atoms with Crippen LogP contribution in [0.2, 0.25) is 0 Å². The highest BCUT2D eigenvalue weighted by Crippen LogP contribution is 2.34. The van der Waals surface area contributed by atoms with Crippen molar-refractivity contribution in [1.29, 1.82) is 0 Å². The Labute approximate surface area is 103 Å². The molecule has 100 valence electrons. The van der Waals surface area contributed by atoms with Crippen molar-refractivity contribution in [3.8, 4) is 0 Å². The molecule has 7 heteroatoms. The Balaban J connectivity index is 3.44. The van der Waals surface area contributed by atoms with E-state index in [2.05, 4.69) is 0 Å². The number of carbonyl (C=O) groups excluding carboxylic acids is 1. The van der Waals surface area contributed by atoms with Crippen molar-refractivity contribution in [3.63, 3.8) is 0 Å². The van der Waals surface area contributed by atoms with Gasteiger partial charge in [-0.05, 0) is 24.6 Å². The summed E-state index contributed by atoms with van der Waals surface area (Å²) in [7, 11) is -3.97. The first-order valence-electron chi connectivity index (χ1n) is 4.91. The molecule has 0 radical (unpaired) electrons. The number of carbonyl (C=O) groups is 1. The van der Waals surface area contributed by atoms with Crippen LogP contribution in [0.1, 0.15) is 18.1 Å². The van der Waals surface area contributed by atoms with Crippen LogP contribution in [-0.4, -0.2) is 20.5 Å². The van der Waals surface area contributed by atoms with Crippen LogP contribution in [0.4, 0.5) is 13.2 Å². The molecule has 0 amide bonds. The normalized spacial score (nSPS) is 12.5. The van der Waals surface area contributed by atoms with Gasteiger partial charge in [0, 0.05) is 12.7 Å². The van der Waals surface area contributed by atoms with Gasteiger partial charge < -0.3 is 0 Å². The van der Waals surface area contributed by atoms with E-state index >= 15 is 0 Å². The van der Waals surface area contributed by atoms with Crippen molar-refractivity contribution in [2.75, 3.05) is 6.26 Å². The van der Waals surface area contributed by atoms with E-state index in [9.17, 15) is 26.4 Å². The molecule has 0 atom stereocenters. The third kappa shape index (κ3) is 3.56. The molecule has 18 heavy (non-hydrogen) atoms. The summed E-state index contributed by atoms with van der Waals surface area (Å²) in [4.78, 5) is 10.1. The Bertz CT molecular complexity index is 574. The van der Waals surface area contributed by atoms with Gasteiger partial charge in [0.25, 0.3) is 0 Å². The van der Waals surface area contributed by atoms with Gasteiger partial charge in [0.1, 0.15) is 5.78 Å². The van der Waals surface area contributed by atoms with Gasteiger partial charge in [-0.2, -0.15) is 13.2 Å². The maximum atomic E-state index is 12.7. The smallest absolute Gasteiger partial charge is 0.300 e. The van der Waals surface area contributed by atoms with E-state index in [0.717, 1.165) is 6.07 Å². The van der Waals surface area contributed by atoms with E-state index in [1.807, 2.05) is 0 Å². The minimum atomic E-state index is -4.77. The van der Waals surface area contributed by atoms with Crippen LogP contribution in [0.3, 0.4) is 0 Å². The van der Waals surface area contributed by atoms with Crippen LogP contribution in [0, 0.1) is 0 Å². The molecule has 0 saturated carbocycles. The summed E-state index contributed by atoms with van der Waals surface area (Å²) in [6.07, 6.45) is -4.22. The monoisotopic (exact) mass is 280 g/mol. The Kier molecular flexibility index (Phi) is 3.85. The quantitative estimate of drug-likeness (QED) is 0.853. The number of halogens is 3. The van der Waals surface area contributed by atoms with Crippen LogP contribution in [0.25, 0.3) is 0 Å². The first kappa shape index (κ1) is 14.7. The van der Waals surface area contributed by atoms with Gasteiger partial charge in [-0.1, -0.05) is 6.07 Å². The Morgan fingerprint density at radius 1 is 1.28 bits per heavy atom. The van der Waals surface area contributed by atoms with Crippen molar-refractivity contribution in [2.24, 2.45) is 0 Å². The SMILES string of the molecule is CC(=O)Cc1ccc(S(C)(=O)=O)c(C(F)(F)F)c1. The predicted molar refractivity (Wildman–Crippen MR) is 58.9 cm³/mol. The molecular weight excluding hydrogens is 269 g/mol. The van der Waals surface area contributed by atoms with Crippen LogP contribution in [0.15, 0.2) is 23.1 Å². The number of Topliss-reactive ketones (excluding diaryl/α,β-unsaturated/α-hetero) is 1. The Morgan fingerprint density at radius 3 is 2.22 bits per heavy atom. The molecule has 0 bridgehead atoms. The zero-order valence-electron chi connectivity index (χ0n) is 9.71. The van der Waals surface area contributed by atoms with E-state index in [4.69, 9.17) is 0 Å². The fourth-order valence-electron chi connectivity index (χ4n) is 1.52. The molecule has 0 aliphatic carbocycles. The van der Waals surface area contributed by atoms with Crippen molar-refractivity contribution in [2.45, 2.75) is 24.4 Å². The lowest BCUT2D eigenvalue weighted by Crippen LogP contribution is -2.13. The fraction of sp³-hybridized carbons (Fsp3) is 0.364. The molecule has 1 aromatic rings. The van der Waals surface area contributed by atoms with E-state index in [1.54, 1.807) is 0 Å². The minimum Gasteiger partial charge on any atom is -0.300 e. The second-order valence-corrected chi connectivity index (χ2v) is 5.96. The summed E-state index contributed by atoms with van der Waals surface area (Å²) in [6.45, 7) is 1.25. The van der Waals surface area contributed by atoms with Gasteiger partial charge in [0.15, 0.2) is 9.84 Å². The zero-order chi connectivity index (χ0) is 14.1. The number of hydrogen-bond donors (Lipinski definition) is 0. The van der Waals surface area contributed by atoms with Gasteiger partial charge in [0.2, 0.25) is 0 Å². The summed E-state index contributed by atoms with van der Waals surface area (Å²) < 4.78 is 60.8. The lowest BCUT2D eigenvalue weighted by molar-refractivity contribution is -0.140. The summed E-state index contributed by atoms with van der Waals surface area (Å²) >= 11 is 0. The molecule has 0 saturated heterocycles. The molecule has 3 nitrogen and oxygen atoms in total. The lowest BCUT2D eigenvalue weighted by atomic mass is 10.1. The topological polar surface area (TPSA) is 51.2 Å². The summed E-state index contributed by atoms with van der Waals surface area (Å²) in [5.41, 5.74) is -1.09. The highest BCUT2D eigenvalue weighted by atomic mass is 32.2. The van der Waals surface area contributed by atoms with E-state index in [0.29, 0.717) is 12.3 Å². The molecule has 0 N–H and O–H groups in total. The average molecular weight is 280 g/mol. The predicted octanol–water partition coefficient (Wildman–Crippen LogP) is 2.24. The van der Waals surface area contributed by atoms with Gasteiger partial charge >= 0.3 is 6.18 Å². The molecule has 0 aromatic heterocycles. The van der Waals surface area contributed by atoms with Crippen LogP contribution in [0.5, 0.6) is 0 Å². The molecule has 0 fully saturated rings. The number of alkyl halides is 3. The van der Waals surface area contributed by atoms with Crippen molar-refractivity contribution >= 4 is 15.6 Å². The Hall–Kier alpha value is -1.37. The van der Waals surface area contributed by atoms with Gasteiger partial charge in [-0.25, -0.2) is 8.42 Å². The highest BCUT2D eigenvalue weighted by Gasteiger charge is 2.36. The number of ketones is 1. The van der Waals surface area contributed by atoms with Crippen LogP contribution in [-0.2, 0) is 27.2 Å². The summed E-state index contributed by atoms with van der Waals surface area (Å²) in [5.74, 6) is -0.296. The second kappa shape index (κ2) is 4.72. The molecule has 1 rings (SSSR count). The number of hydrogen-bond acceptors (Lipinski definition) is 3. The third-order valence-corrected chi connectivity index (χ3v) is 3.36. The zero-order valence-corrected chi connectivity index (χ0v) is 10.5. The Morgan fingerprint density at radius 2 is 1.83 bits per heavy atom. The highest BCUT2D eigenvalue weighted by molar-refractivity contribution is 7.90. The summed E-state index contributed by atoms with van der Waals surface area (Å²) in [5, 5.41) is 0. The number of rotatable bonds is 3. The largest absolute Gasteiger partial charge is 0.417 e. The molecular formula is C11H11F3O3S. The molecule has 0 heterocycles. The second-order valence-electron chi connectivity index (χ2n) is 3.98. The van der Waals surface area contributed by atoms with Crippen molar-refractivity contribution in [3.05, 3.63) is 29.3 Å². The first-order valence-corrected chi connectivity index (χ1v) is 6.80. The van der Waals surface area contributed by atoms with E-state index in [1.165, 1.54) is 13.0 Å². The van der Waals surface area contributed by atoms with E-state index < -0.39 is 26.5 Å². The first-order chi connectivity index (χ1) is 8.01. The third-order valence-electron chi connectivity index (χ3n) is 2.20. The van der Waals surface area contributed by atoms with Crippen LogP contribution >= 0.6 is 0 Å². The fourth-order valence-corrected chi connectivity index (χ4v) is 2.41. The molecule has 1 aromatic carbocycles. The summed E-state index contributed by atoms with van der Waals surface area (Å²) in [6, 6.07) is 2.81. The maximum Gasteiger partial charge on any atom is 0.417 e. The number of benzene rings is 1. The molecule has 0 unspecified atom stereocenters. The minimum absolute atomic E-state index is 0.141. The molecule has 0 spiro atoms. The average Bonchev–Trinajstić information content (AvgIpc) is 2.13. The molecule has 0 aliphatic heterocycles. The maximum absolute atomic E-state index is 12.7. The van der Waals surface area contributed by atoms with Gasteiger partial charge in [-0.3, -0.25) is 4.79 Å². The van der Waals surface area contributed by atoms with Crippen LogP contribution < -0.4 is 0 Å². The van der Waals surface area contributed by atoms with Gasteiger partial charge in [-0.15, -0.1) is 0 Å². The van der Waals surface area contributed by atoms with E-state index in [-0.39, 0.29) is 17.8 Å². The number of sulfone groups is 1. The van der Waals surface area contributed by atoms with Crippen molar-refractivity contribution < 1.29 is 26.4 Å².